The maximum Gasteiger partial charge on any atom is 0.133 e. The monoisotopic (exact) mass is 367 g/mol. The van der Waals surface area contributed by atoms with Gasteiger partial charge in [-0.1, -0.05) is 24.3 Å². The van der Waals surface area contributed by atoms with Gasteiger partial charge in [0.1, 0.15) is 18.0 Å². The summed E-state index contributed by atoms with van der Waals surface area (Å²) >= 11 is 0. The number of hydrogen-bond acceptors (Lipinski definition) is 6. The molecule has 6 heteroatoms. The smallest absolute Gasteiger partial charge is 0.133 e. The van der Waals surface area contributed by atoms with Crippen LogP contribution in [0.3, 0.4) is 0 Å². The van der Waals surface area contributed by atoms with Crippen molar-refractivity contribution in [2.75, 3.05) is 50.6 Å². The number of ether oxygens (including phenoxy) is 1. The van der Waals surface area contributed by atoms with E-state index in [1.165, 1.54) is 11.1 Å². The van der Waals surface area contributed by atoms with Gasteiger partial charge in [-0.2, -0.15) is 0 Å². The van der Waals surface area contributed by atoms with Crippen LogP contribution in [0.2, 0.25) is 0 Å². The third kappa shape index (κ3) is 4.39. The van der Waals surface area contributed by atoms with E-state index < -0.39 is 0 Å². The van der Waals surface area contributed by atoms with E-state index >= 15 is 0 Å². The van der Waals surface area contributed by atoms with Crippen LogP contribution < -0.4 is 10.2 Å². The van der Waals surface area contributed by atoms with Crippen LogP contribution in [0.15, 0.2) is 36.7 Å². The lowest BCUT2D eigenvalue weighted by Crippen LogP contribution is -2.42. The summed E-state index contributed by atoms with van der Waals surface area (Å²) < 4.78 is 6.09. The Hall–Kier alpha value is -2.18. The standard InChI is InChI=1S/C21H29N5O/c1-25(2)21-13-20(22-15-23-21)24-17-7-10-26(11-8-17)14-19-18-6-4-3-5-16(18)9-12-27-19/h3-6,13,15,17,19H,7-12,14H2,1-2H3,(H,22,23,24). The predicted octanol–water partition coefficient (Wildman–Crippen LogP) is 2.73. The lowest BCUT2D eigenvalue weighted by molar-refractivity contribution is 0.0115. The largest absolute Gasteiger partial charge is 0.372 e. The molecule has 2 aliphatic rings. The van der Waals surface area contributed by atoms with Crippen molar-refractivity contribution in [1.82, 2.24) is 14.9 Å². The third-order valence-corrected chi connectivity index (χ3v) is 5.57. The molecule has 27 heavy (non-hydrogen) atoms. The number of fused-ring (bicyclic) bond motifs is 1. The van der Waals surface area contributed by atoms with Gasteiger partial charge in [0.05, 0.1) is 12.7 Å². The lowest BCUT2D eigenvalue weighted by atomic mass is 9.96. The van der Waals surface area contributed by atoms with E-state index in [0.717, 1.165) is 57.1 Å². The number of benzene rings is 1. The number of likely N-dealkylation sites (tertiary alicyclic amines) is 1. The summed E-state index contributed by atoms with van der Waals surface area (Å²) in [7, 11) is 3.99. The number of piperidine rings is 1. The molecule has 0 saturated carbocycles. The summed E-state index contributed by atoms with van der Waals surface area (Å²) in [5.74, 6) is 1.84. The van der Waals surface area contributed by atoms with Crippen molar-refractivity contribution in [3.05, 3.63) is 47.8 Å². The molecular weight excluding hydrogens is 338 g/mol. The highest BCUT2D eigenvalue weighted by Crippen LogP contribution is 2.28. The fourth-order valence-corrected chi connectivity index (χ4v) is 4.00. The second kappa shape index (κ2) is 8.23. The number of nitrogens with one attached hydrogen (secondary N) is 1. The fraction of sp³-hybridized carbons (Fsp3) is 0.524. The van der Waals surface area contributed by atoms with Crippen LogP contribution in [0.25, 0.3) is 0 Å². The molecular formula is C21H29N5O. The lowest BCUT2D eigenvalue weighted by Gasteiger charge is -2.36. The molecule has 0 amide bonds. The summed E-state index contributed by atoms with van der Waals surface area (Å²) in [4.78, 5) is 13.2. The van der Waals surface area contributed by atoms with Crippen LogP contribution in [0.5, 0.6) is 0 Å². The van der Waals surface area contributed by atoms with Gasteiger partial charge in [0.25, 0.3) is 0 Å². The number of hydrogen-bond donors (Lipinski definition) is 1. The molecule has 6 nitrogen and oxygen atoms in total. The number of nitrogens with zero attached hydrogens (tertiary/aromatic N) is 4. The van der Waals surface area contributed by atoms with E-state index in [4.69, 9.17) is 4.74 Å². The van der Waals surface area contributed by atoms with Crippen LogP contribution in [0, 0.1) is 0 Å². The second-order valence-electron chi connectivity index (χ2n) is 7.68. The topological polar surface area (TPSA) is 53.5 Å². The quantitative estimate of drug-likeness (QED) is 0.877. The summed E-state index contributed by atoms with van der Waals surface area (Å²) in [5.41, 5.74) is 2.83. The molecule has 1 unspecified atom stereocenters. The Kier molecular flexibility index (Phi) is 5.55. The first-order valence-electron chi connectivity index (χ1n) is 9.87. The zero-order valence-corrected chi connectivity index (χ0v) is 16.3. The van der Waals surface area contributed by atoms with E-state index in [9.17, 15) is 0 Å². The Morgan fingerprint density at radius 1 is 1.19 bits per heavy atom. The minimum absolute atomic E-state index is 0.212. The van der Waals surface area contributed by atoms with Gasteiger partial charge in [-0.25, -0.2) is 9.97 Å². The van der Waals surface area contributed by atoms with E-state index in [1.54, 1.807) is 6.33 Å². The van der Waals surface area contributed by atoms with Gasteiger partial charge in [0, 0.05) is 45.8 Å². The van der Waals surface area contributed by atoms with Crippen molar-refractivity contribution in [3.63, 3.8) is 0 Å². The van der Waals surface area contributed by atoms with Crippen LogP contribution >= 0.6 is 0 Å². The van der Waals surface area contributed by atoms with Gasteiger partial charge < -0.3 is 19.9 Å². The number of rotatable bonds is 5. The summed E-state index contributed by atoms with van der Waals surface area (Å²) in [6, 6.07) is 11.2. The molecule has 0 aliphatic carbocycles. The predicted molar refractivity (Wildman–Crippen MR) is 108 cm³/mol. The highest BCUT2D eigenvalue weighted by molar-refractivity contribution is 5.47. The molecule has 0 spiro atoms. The van der Waals surface area contributed by atoms with Gasteiger partial charge >= 0.3 is 0 Å². The first-order chi connectivity index (χ1) is 13.2. The molecule has 3 heterocycles. The SMILES string of the molecule is CN(C)c1cc(NC2CCN(CC3OCCc4ccccc43)CC2)ncn1. The molecule has 1 N–H and O–H groups in total. The normalized spacial score (nSPS) is 20.9. The van der Waals surface area contributed by atoms with Gasteiger partial charge in [0.15, 0.2) is 0 Å². The van der Waals surface area contributed by atoms with Crippen LogP contribution in [-0.4, -0.2) is 61.2 Å². The molecule has 1 aromatic heterocycles. The van der Waals surface area contributed by atoms with Gasteiger partial charge in [0.2, 0.25) is 0 Å². The van der Waals surface area contributed by atoms with Crippen molar-refractivity contribution < 1.29 is 4.74 Å². The average Bonchev–Trinajstić information content (AvgIpc) is 2.70. The van der Waals surface area contributed by atoms with Crippen molar-refractivity contribution in [3.8, 4) is 0 Å². The van der Waals surface area contributed by atoms with Crippen LogP contribution in [0.4, 0.5) is 11.6 Å². The first kappa shape index (κ1) is 18.2. The molecule has 4 rings (SSSR count). The number of aromatic nitrogens is 2. The second-order valence-corrected chi connectivity index (χ2v) is 7.68. The van der Waals surface area contributed by atoms with Crippen molar-refractivity contribution in [1.29, 1.82) is 0 Å². The molecule has 2 aliphatic heterocycles. The van der Waals surface area contributed by atoms with Gasteiger partial charge in [-0.15, -0.1) is 0 Å². The van der Waals surface area contributed by atoms with Crippen molar-refractivity contribution >= 4 is 11.6 Å². The highest BCUT2D eigenvalue weighted by Gasteiger charge is 2.26. The third-order valence-electron chi connectivity index (χ3n) is 5.57. The fourth-order valence-electron chi connectivity index (χ4n) is 4.00. The van der Waals surface area contributed by atoms with Crippen molar-refractivity contribution in [2.24, 2.45) is 0 Å². The molecule has 1 saturated heterocycles. The van der Waals surface area contributed by atoms with Crippen molar-refractivity contribution in [2.45, 2.75) is 31.4 Å². The number of anilines is 2. The maximum atomic E-state index is 6.09. The zero-order chi connectivity index (χ0) is 18.6. The Labute approximate surface area is 161 Å². The molecule has 0 radical (unpaired) electrons. The molecule has 0 bridgehead atoms. The molecule has 144 valence electrons. The molecule has 1 fully saturated rings. The first-order valence-corrected chi connectivity index (χ1v) is 9.87. The Morgan fingerprint density at radius 2 is 2.00 bits per heavy atom. The van der Waals surface area contributed by atoms with E-state index in [-0.39, 0.29) is 6.10 Å². The van der Waals surface area contributed by atoms with E-state index in [0.29, 0.717) is 6.04 Å². The van der Waals surface area contributed by atoms with Gasteiger partial charge in [-0.3, -0.25) is 0 Å². The Morgan fingerprint density at radius 3 is 2.81 bits per heavy atom. The Bertz CT molecular complexity index is 758. The molecule has 1 atom stereocenters. The minimum Gasteiger partial charge on any atom is -0.372 e. The maximum absolute atomic E-state index is 6.09. The minimum atomic E-state index is 0.212. The van der Waals surface area contributed by atoms with Crippen LogP contribution in [-0.2, 0) is 11.2 Å². The summed E-state index contributed by atoms with van der Waals surface area (Å²) in [6.07, 6.45) is 5.12. The summed E-state index contributed by atoms with van der Waals surface area (Å²) in [5, 5.41) is 3.58. The molecule has 2 aromatic rings. The molecule has 1 aromatic carbocycles. The Balaban J connectivity index is 1.30. The highest BCUT2D eigenvalue weighted by atomic mass is 16.5. The van der Waals surface area contributed by atoms with E-state index in [2.05, 4.69) is 44.5 Å². The van der Waals surface area contributed by atoms with E-state index in [1.807, 2.05) is 25.1 Å². The summed E-state index contributed by atoms with van der Waals surface area (Å²) in [6.45, 7) is 4.00. The van der Waals surface area contributed by atoms with Crippen LogP contribution in [0.1, 0.15) is 30.1 Å². The zero-order valence-electron chi connectivity index (χ0n) is 16.3. The van der Waals surface area contributed by atoms with Gasteiger partial charge in [-0.05, 0) is 30.4 Å². The average molecular weight is 367 g/mol.